The number of carbonyl (C=O) groups excluding carboxylic acids is 2. The number of hydrogen-bond acceptors (Lipinski definition) is 6. The van der Waals surface area contributed by atoms with Crippen LogP contribution in [-0.2, 0) is 11.2 Å². The average Bonchev–Trinajstić information content (AvgIpc) is 2.66. The van der Waals surface area contributed by atoms with Gasteiger partial charge in [-0.2, -0.15) is 0 Å². The van der Waals surface area contributed by atoms with Gasteiger partial charge >= 0.3 is 5.97 Å². The van der Waals surface area contributed by atoms with E-state index in [2.05, 4.69) is 6.92 Å². The van der Waals surface area contributed by atoms with E-state index in [0.29, 0.717) is 5.56 Å². The number of nitro groups is 1. The zero-order valence-corrected chi connectivity index (χ0v) is 14.6. The van der Waals surface area contributed by atoms with Crippen molar-refractivity contribution >= 4 is 17.4 Å². The number of non-ortho nitro benzene ring substituents is 1. The van der Waals surface area contributed by atoms with Crippen molar-refractivity contribution in [1.82, 2.24) is 0 Å². The first-order chi connectivity index (χ1) is 12.5. The fourth-order valence-electron chi connectivity index (χ4n) is 2.41. The van der Waals surface area contributed by atoms with Crippen LogP contribution in [0.4, 0.5) is 5.69 Å². The van der Waals surface area contributed by atoms with Gasteiger partial charge in [0, 0.05) is 17.7 Å². The predicted octanol–water partition coefficient (Wildman–Crippen LogP) is 3.60. The zero-order valence-electron chi connectivity index (χ0n) is 14.6. The summed E-state index contributed by atoms with van der Waals surface area (Å²) in [5, 5.41) is 10.9. The fraction of sp³-hybridized carbons (Fsp3) is 0.263. The number of aryl methyl sites for hydroxylation is 1. The molecule has 0 atom stereocenters. The van der Waals surface area contributed by atoms with Gasteiger partial charge in [-0.1, -0.05) is 37.6 Å². The van der Waals surface area contributed by atoms with Crippen molar-refractivity contribution in [1.29, 1.82) is 0 Å². The van der Waals surface area contributed by atoms with Crippen LogP contribution in [0.25, 0.3) is 0 Å². The van der Waals surface area contributed by atoms with Crippen molar-refractivity contribution in [3.8, 4) is 5.75 Å². The minimum Gasteiger partial charge on any atom is -0.496 e. The van der Waals surface area contributed by atoms with Crippen molar-refractivity contribution in [2.24, 2.45) is 0 Å². The Morgan fingerprint density at radius 2 is 1.81 bits per heavy atom. The normalized spacial score (nSPS) is 10.2. The zero-order chi connectivity index (χ0) is 19.1. The lowest BCUT2D eigenvalue weighted by Crippen LogP contribution is -2.15. The Morgan fingerprint density at radius 1 is 1.12 bits per heavy atom. The Hall–Kier alpha value is -3.22. The number of esters is 1. The summed E-state index contributed by atoms with van der Waals surface area (Å²) in [7, 11) is 1.33. The summed E-state index contributed by atoms with van der Waals surface area (Å²) in [5.41, 5.74) is 1.19. The number of rotatable bonds is 8. The topological polar surface area (TPSA) is 95.7 Å². The molecule has 26 heavy (non-hydrogen) atoms. The lowest BCUT2D eigenvalue weighted by Gasteiger charge is -2.08. The summed E-state index contributed by atoms with van der Waals surface area (Å²) < 4.78 is 10.0. The smallest absolute Gasteiger partial charge is 0.342 e. The second-order valence-corrected chi connectivity index (χ2v) is 5.59. The molecule has 0 saturated carbocycles. The summed E-state index contributed by atoms with van der Waals surface area (Å²) in [6.07, 6.45) is 1.94. The van der Waals surface area contributed by atoms with Crippen LogP contribution < -0.4 is 4.74 Å². The molecule has 0 aromatic heterocycles. The molecule has 0 heterocycles. The Labute approximate surface area is 150 Å². The summed E-state index contributed by atoms with van der Waals surface area (Å²) in [6.45, 7) is 1.61. The van der Waals surface area contributed by atoms with E-state index < -0.39 is 17.5 Å². The Kier molecular flexibility index (Phi) is 6.43. The highest BCUT2D eigenvalue weighted by Gasteiger charge is 2.20. The number of ketones is 1. The van der Waals surface area contributed by atoms with Crippen LogP contribution in [0.5, 0.6) is 5.75 Å². The maximum absolute atomic E-state index is 12.2. The van der Waals surface area contributed by atoms with Crippen LogP contribution in [0, 0.1) is 10.1 Å². The number of ether oxygens (including phenoxy) is 2. The molecule has 7 heteroatoms. The van der Waals surface area contributed by atoms with Crippen molar-refractivity contribution in [2.45, 2.75) is 19.8 Å². The van der Waals surface area contributed by atoms with E-state index in [1.54, 1.807) is 12.1 Å². The minimum absolute atomic E-state index is 0.104. The second kappa shape index (κ2) is 8.75. The third kappa shape index (κ3) is 4.66. The molecule has 0 aliphatic heterocycles. The van der Waals surface area contributed by atoms with Gasteiger partial charge in [-0.25, -0.2) is 4.79 Å². The lowest BCUT2D eigenvalue weighted by molar-refractivity contribution is -0.384. The van der Waals surface area contributed by atoms with Gasteiger partial charge in [0.25, 0.3) is 5.69 Å². The number of Topliss-reactive ketones (excluding diaryl/α,β-unsaturated/α-hetero) is 1. The van der Waals surface area contributed by atoms with Gasteiger partial charge in [0.15, 0.2) is 12.4 Å². The largest absolute Gasteiger partial charge is 0.496 e. The highest BCUT2D eigenvalue weighted by molar-refractivity contribution is 6.00. The van der Waals surface area contributed by atoms with Crippen molar-refractivity contribution in [3.05, 3.63) is 69.3 Å². The molecule has 0 saturated heterocycles. The quantitative estimate of drug-likeness (QED) is 0.310. The second-order valence-electron chi connectivity index (χ2n) is 5.59. The van der Waals surface area contributed by atoms with E-state index in [9.17, 15) is 19.7 Å². The van der Waals surface area contributed by atoms with Gasteiger partial charge in [0.1, 0.15) is 11.3 Å². The van der Waals surface area contributed by atoms with Crippen molar-refractivity contribution < 1.29 is 24.0 Å². The number of carbonyl (C=O) groups is 2. The Morgan fingerprint density at radius 3 is 2.38 bits per heavy atom. The van der Waals surface area contributed by atoms with Crippen molar-refractivity contribution in [3.63, 3.8) is 0 Å². The summed E-state index contributed by atoms with van der Waals surface area (Å²) in [5.74, 6) is -1.08. The molecular formula is C19H19NO6. The molecular weight excluding hydrogens is 338 g/mol. The molecule has 0 aliphatic carbocycles. The molecule has 0 radical (unpaired) electrons. The monoisotopic (exact) mass is 357 g/mol. The molecule has 0 amide bonds. The number of nitrogens with zero attached hydrogens (tertiary/aromatic N) is 1. The van der Waals surface area contributed by atoms with E-state index in [1.807, 2.05) is 12.1 Å². The molecule has 2 aromatic rings. The standard InChI is InChI=1S/C19H19NO6/c1-3-4-13-5-7-14(8-6-13)17(21)12-26-19(22)16-11-15(20(23)24)9-10-18(16)25-2/h5-11H,3-4,12H2,1-2H3. The lowest BCUT2D eigenvalue weighted by atomic mass is 10.1. The maximum Gasteiger partial charge on any atom is 0.342 e. The first-order valence-corrected chi connectivity index (χ1v) is 8.08. The third-order valence-corrected chi connectivity index (χ3v) is 3.76. The van der Waals surface area contributed by atoms with Gasteiger partial charge in [-0.3, -0.25) is 14.9 Å². The molecule has 0 aliphatic rings. The summed E-state index contributed by atoms with van der Waals surface area (Å²) in [4.78, 5) is 34.6. The Balaban J connectivity index is 2.07. The number of benzene rings is 2. The predicted molar refractivity (Wildman–Crippen MR) is 94.7 cm³/mol. The number of nitro benzene ring substituents is 1. The summed E-state index contributed by atoms with van der Waals surface area (Å²) >= 11 is 0. The minimum atomic E-state index is -0.860. The molecule has 7 nitrogen and oxygen atoms in total. The number of methoxy groups -OCH3 is 1. The average molecular weight is 357 g/mol. The first kappa shape index (κ1) is 19.1. The molecule has 2 rings (SSSR count). The fourth-order valence-corrected chi connectivity index (χ4v) is 2.41. The van der Waals surface area contributed by atoms with E-state index in [1.165, 1.54) is 19.2 Å². The maximum atomic E-state index is 12.2. The first-order valence-electron chi connectivity index (χ1n) is 8.08. The number of hydrogen-bond donors (Lipinski definition) is 0. The Bertz CT molecular complexity index is 813. The van der Waals surface area contributed by atoms with Crippen LogP contribution in [0.1, 0.15) is 39.6 Å². The van der Waals surface area contributed by atoms with Crippen molar-refractivity contribution in [2.75, 3.05) is 13.7 Å². The third-order valence-electron chi connectivity index (χ3n) is 3.76. The van der Waals surface area contributed by atoms with Crippen LogP contribution in [0.3, 0.4) is 0 Å². The molecule has 2 aromatic carbocycles. The highest BCUT2D eigenvalue weighted by atomic mass is 16.6. The van der Waals surface area contributed by atoms with E-state index in [4.69, 9.17) is 9.47 Å². The van der Waals surface area contributed by atoms with Gasteiger partial charge in [0.2, 0.25) is 0 Å². The molecule has 136 valence electrons. The molecule has 0 spiro atoms. The van der Waals surface area contributed by atoms with Crippen LogP contribution in [-0.4, -0.2) is 30.4 Å². The van der Waals surface area contributed by atoms with Crippen LogP contribution in [0.2, 0.25) is 0 Å². The molecule has 0 unspecified atom stereocenters. The van der Waals surface area contributed by atoms with E-state index >= 15 is 0 Å². The molecule has 0 bridgehead atoms. The van der Waals surface area contributed by atoms with Gasteiger partial charge in [-0.05, 0) is 18.1 Å². The van der Waals surface area contributed by atoms with Gasteiger partial charge < -0.3 is 9.47 Å². The van der Waals surface area contributed by atoms with Crippen LogP contribution in [0.15, 0.2) is 42.5 Å². The van der Waals surface area contributed by atoms with Crippen LogP contribution >= 0.6 is 0 Å². The van der Waals surface area contributed by atoms with E-state index in [-0.39, 0.29) is 22.8 Å². The van der Waals surface area contributed by atoms with E-state index in [0.717, 1.165) is 24.5 Å². The van der Waals surface area contributed by atoms with Gasteiger partial charge in [0.05, 0.1) is 12.0 Å². The highest BCUT2D eigenvalue weighted by Crippen LogP contribution is 2.24. The van der Waals surface area contributed by atoms with Gasteiger partial charge in [-0.15, -0.1) is 0 Å². The summed E-state index contributed by atoms with van der Waals surface area (Å²) in [6, 6.07) is 10.7. The molecule has 0 fully saturated rings. The SMILES string of the molecule is CCCc1ccc(C(=O)COC(=O)c2cc([N+](=O)[O-])ccc2OC)cc1. The molecule has 0 N–H and O–H groups in total.